The Morgan fingerprint density at radius 1 is 1.26 bits per heavy atom. The van der Waals surface area contributed by atoms with E-state index >= 15 is 0 Å². The van der Waals surface area contributed by atoms with Gasteiger partial charge in [0.1, 0.15) is 22.3 Å². The highest BCUT2D eigenvalue weighted by atomic mass is 16.5. The molecule has 1 atom stereocenters. The molecule has 5 rings (SSSR count). The van der Waals surface area contributed by atoms with Gasteiger partial charge in [0.2, 0.25) is 0 Å². The number of methoxy groups -OCH3 is 1. The van der Waals surface area contributed by atoms with Crippen LogP contribution in [0.2, 0.25) is 0 Å². The average Bonchev–Trinajstić information content (AvgIpc) is 3.31. The first kappa shape index (κ1) is 19.5. The summed E-state index contributed by atoms with van der Waals surface area (Å²) in [6.07, 6.45) is 6.90. The quantitative estimate of drug-likeness (QED) is 0.528. The zero-order valence-corrected chi connectivity index (χ0v) is 17.4. The second-order valence-electron chi connectivity index (χ2n) is 7.73. The first-order chi connectivity index (χ1) is 15.1. The van der Waals surface area contributed by atoms with Gasteiger partial charge >= 0.3 is 5.97 Å². The van der Waals surface area contributed by atoms with Crippen molar-refractivity contribution in [1.82, 2.24) is 24.3 Å². The SMILES string of the molecule is COc1ccncc1C(C1CCOCC1)n1c2cccnc2c2c1c(C(=O)O)nn2C. The van der Waals surface area contributed by atoms with Crippen LogP contribution in [0.5, 0.6) is 5.75 Å². The van der Waals surface area contributed by atoms with Gasteiger partial charge in [0.25, 0.3) is 0 Å². The van der Waals surface area contributed by atoms with Crippen molar-refractivity contribution in [3.05, 3.63) is 48.0 Å². The molecule has 0 saturated carbocycles. The van der Waals surface area contributed by atoms with Crippen molar-refractivity contribution in [1.29, 1.82) is 0 Å². The minimum Gasteiger partial charge on any atom is -0.496 e. The molecule has 0 spiro atoms. The van der Waals surface area contributed by atoms with E-state index in [4.69, 9.17) is 9.47 Å². The number of nitrogens with zero attached hydrogens (tertiary/aromatic N) is 5. The fourth-order valence-corrected chi connectivity index (χ4v) is 4.77. The number of aryl methyl sites for hydroxylation is 1. The largest absolute Gasteiger partial charge is 0.496 e. The molecule has 1 saturated heterocycles. The molecule has 31 heavy (non-hydrogen) atoms. The number of aromatic nitrogens is 5. The maximum Gasteiger partial charge on any atom is 0.358 e. The molecule has 0 radical (unpaired) electrons. The van der Waals surface area contributed by atoms with Crippen LogP contribution in [0, 0.1) is 5.92 Å². The number of ether oxygens (including phenoxy) is 2. The van der Waals surface area contributed by atoms with Crippen molar-refractivity contribution >= 4 is 28.0 Å². The Labute approximate surface area is 178 Å². The van der Waals surface area contributed by atoms with Crippen LogP contribution < -0.4 is 4.74 Å². The van der Waals surface area contributed by atoms with E-state index in [2.05, 4.69) is 19.6 Å². The maximum absolute atomic E-state index is 12.1. The van der Waals surface area contributed by atoms with E-state index in [1.165, 1.54) is 0 Å². The van der Waals surface area contributed by atoms with Crippen LogP contribution in [0.1, 0.15) is 34.9 Å². The topological polar surface area (TPSA) is 104 Å². The molecule has 160 valence electrons. The lowest BCUT2D eigenvalue weighted by molar-refractivity contribution is 0.0548. The van der Waals surface area contributed by atoms with Crippen molar-refractivity contribution < 1.29 is 19.4 Å². The molecule has 1 fully saturated rings. The lowest BCUT2D eigenvalue weighted by Gasteiger charge is -2.33. The van der Waals surface area contributed by atoms with Gasteiger partial charge in [-0.05, 0) is 37.0 Å². The van der Waals surface area contributed by atoms with Gasteiger partial charge < -0.3 is 19.1 Å². The molecule has 1 N–H and O–H groups in total. The number of hydrogen-bond acceptors (Lipinski definition) is 6. The molecule has 0 amide bonds. The Morgan fingerprint density at radius 3 is 2.81 bits per heavy atom. The van der Waals surface area contributed by atoms with E-state index in [-0.39, 0.29) is 17.7 Å². The molecule has 5 heterocycles. The number of carboxylic acid groups (broad SMARTS) is 1. The highest BCUT2D eigenvalue weighted by Gasteiger charge is 2.35. The number of carbonyl (C=O) groups is 1. The molecule has 0 aliphatic carbocycles. The van der Waals surface area contributed by atoms with Gasteiger partial charge in [0.05, 0.1) is 18.7 Å². The van der Waals surface area contributed by atoms with Crippen molar-refractivity contribution in [3.8, 4) is 5.75 Å². The zero-order chi connectivity index (χ0) is 21.5. The summed E-state index contributed by atoms with van der Waals surface area (Å²) in [5.41, 5.74) is 3.75. The minimum atomic E-state index is -1.07. The third-order valence-corrected chi connectivity index (χ3v) is 6.08. The summed E-state index contributed by atoms with van der Waals surface area (Å²) in [4.78, 5) is 21.1. The van der Waals surface area contributed by atoms with Gasteiger partial charge in [-0.2, -0.15) is 5.10 Å². The predicted molar refractivity (Wildman–Crippen MR) is 113 cm³/mol. The molecule has 9 heteroatoms. The summed E-state index contributed by atoms with van der Waals surface area (Å²) in [6.45, 7) is 1.31. The minimum absolute atomic E-state index is 0.00964. The standard InChI is InChI=1S/C22H23N5O4/c1-26-20-17-15(4-3-8-24-17)27(21(20)18(25-26)22(28)29)19(13-6-10-31-11-7-13)14-12-23-9-5-16(14)30-2/h3-5,8-9,12-13,19H,6-7,10-11H2,1-2H3,(H,28,29). The maximum atomic E-state index is 12.1. The number of hydrogen-bond donors (Lipinski definition) is 1. The van der Waals surface area contributed by atoms with E-state index in [0.717, 1.165) is 29.4 Å². The Morgan fingerprint density at radius 2 is 2.06 bits per heavy atom. The van der Waals surface area contributed by atoms with E-state index in [0.29, 0.717) is 30.0 Å². The summed E-state index contributed by atoms with van der Waals surface area (Å²) in [6, 6.07) is 5.47. The van der Waals surface area contributed by atoms with Crippen molar-refractivity contribution in [2.24, 2.45) is 13.0 Å². The second-order valence-corrected chi connectivity index (χ2v) is 7.73. The molecule has 1 aliphatic heterocycles. The number of aromatic carboxylic acids is 1. The predicted octanol–water partition coefficient (Wildman–Crippen LogP) is 3.04. The van der Waals surface area contributed by atoms with Crippen molar-refractivity contribution in [3.63, 3.8) is 0 Å². The van der Waals surface area contributed by atoms with Crippen molar-refractivity contribution in [2.45, 2.75) is 18.9 Å². The number of carboxylic acids is 1. The van der Waals surface area contributed by atoms with Crippen LogP contribution >= 0.6 is 0 Å². The number of fused-ring (bicyclic) bond motifs is 3. The van der Waals surface area contributed by atoms with Crippen LogP contribution in [0.3, 0.4) is 0 Å². The molecular formula is C22H23N5O4. The van der Waals surface area contributed by atoms with Crippen LogP contribution in [-0.2, 0) is 11.8 Å². The van der Waals surface area contributed by atoms with Gasteiger partial charge in [-0.3, -0.25) is 14.6 Å². The molecule has 0 bridgehead atoms. The van der Waals surface area contributed by atoms with Crippen LogP contribution in [0.25, 0.3) is 22.1 Å². The Hall–Kier alpha value is -3.46. The molecule has 4 aromatic rings. The fraction of sp³-hybridized carbons (Fsp3) is 0.364. The molecule has 9 nitrogen and oxygen atoms in total. The molecular weight excluding hydrogens is 398 g/mol. The highest BCUT2D eigenvalue weighted by molar-refractivity contribution is 6.11. The smallest absolute Gasteiger partial charge is 0.358 e. The van der Waals surface area contributed by atoms with Crippen LogP contribution in [0.15, 0.2) is 36.8 Å². The van der Waals surface area contributed by atoms with Gasteiger partial charge in [-0.1, -0.05) is 0 Å². The lowest BCUT2D eigenvalue weighted by Crippen LogP contribution is -2.27. The van der Waals surface area contributed by atoms with Crippen LogP contribution in [-0.4, -0.2) is 55.7 Å². The van der Waals surface area contributed by atoms with Gasteiger partial charge in [-0.25, -0.2) is 4.79 Å². The summed E-state index contributed by atoms with van der Waals surface area (Å²) < 4.78 is 15.0. The Kier molecular flexibility index (Phi) is 4.82. The van der Waals surface area contributed by atoms with E-state index in [9.17, 15) is 9.90 Å². The van der Waals surface area contributed by atoms with E-state index in [1.54, 1.807) is 31.2 Å². The Balaban J connectivity index is 1.89. The number of rotatable bonds is 5. The molecule has 4 aromatic heterocycles. The van der Waals surface area contributed by atoms with Gasteiger partial charge in [-0.15, -0.1) is 0 Å². The molecule has 0 aromatic carbocycles. The normalized spacial score (nSPS) is 16.1. The van der Waals surface area contributed by atoms with Crippen molar-refractivity contribution in [2.75, 3.05) is 20.3 Å². The summed E-state index contributed by atoms with van der Waals surface area (Å²) in [5, 5.41) is 14.3. The van der Waals surface area contributed by atoms with E-state index < -0.39 is 5.97 Å². The summed E-state index contributed by atoms with van der Waals surface area (Å²) in [5.74, 6) is -0.155. The third kappa shape index (κ3) is 3.04. The summed E-state index contributed by atoms with van der Waals surface area (Å²) >= 11 is 0. The fourth-order valence-electron chi connectivity index (χ4n) is 4.77. The highest BCUT2D eigenvalue weighted by Crippen LogP contribution is 2.43. The second kappa shape index (κ2) is 7.66. The average molecular weight is 421 g/mol. The van der Waals surface area contributed by atoms with E-state index in [1.807, 2.05) is 24.4 Å². The lowest BCUT2D eigenvalue weighted by atomic mass is 9.86. The summed E-state index contributed by atoms with van der Waals surface area (Å²) in [7, 11) is 3.39. The van der Waals surface area contributed by atoms with Crippen LogP contribution in [0.4, 0.5) is 0 Å². The third-order valence-electron chi connectivity index (χ3n) is 6.08. The van der Waals surface area contributed by atoms with Gasteiger partial charge in [0, 0.05) is 44.4 Å². The molecule has 1 unspecified atom stereocenters. The Bertz CT molecular complexity index is 1270. The van der Waals surface area contributed by atoms with Gasteiger partial charge in [0.15, 0.2) is 5.69 Å². The number of pyridine rings is 2. The zero-order valence-electron chi connectivity index (χ0n) is 17.4. The monoisotopic (exact) mass is 421 g/mol. The first-order valence-corrected chi connectivity index (χ1v) is 10.2. The first-order valence-electron chi connectivity index (χ1n) is 10.2. The molecule has 1 aliphatic rings.